The van der Waals surface area contributed by atoms with Crippen LogP contribution >= 0.6 is 0 Å². The van der Waals surface area contributed by atoms with Gasteiger partial charge in [0, 0.05) is 0 Å². The van der Waals surface area contributed by atoms with Crippen molar-refractivity contribution in [2.75, 3.05) is 6.61 Å². The molecule has 0 aliphatic heterocycles. The third-order valence-electron chi connectivity index (χ3n) is 1.67. The highest BCUT2D eigenvalue weighted by Gasteiger charge is 2.25. The summed E-state index contributed by atoms with van der Waals surface area (Å²) in [4.78, 5) is 0. The summed E-state index contributed by atoms with van der Waals surface area (Å²) in [6.45, 7) is 3.26. The molecule has 0 radical (unpaired) electrons. The van der Waals surface area contributed by atoms with Crippen molar-refractivity contribution in [1.82, 2.24) is 0 Å². The molecule has 0 saturated carbocycles. The largest absolute Gasteiger partial charge is 0.491 e. The standard InChI is InChI=1S/C10H15NO4S/c1-10(2,15-16(11,12)13)8-14-9-6-4-3-5-7-9/h3-7H,8H2,1-2H3,(H2,11,12,13). The van der Waals surface area contributed by atoms with Crippen LogP contribution in [0, 0.1) is 0 Å². The Morgan fingerprint density at radius 1 is 1.25 bits per heavy atom. The summed E-state index contributed by atoms with van der Waals surface area (Å²) < 4.78 is 31.6. The molecule has 1 aromatic carbocycles. The lowest BCUT2D eigenvalue weighted by atomic mass is 10.2. The van der Waals surface area contributed by atoms with Crippen LogP contribution in [-0.2, 0) is 14.5 Å². The summed E-state index contributed by atoms with van der Waals surface area (Å²) in [5.41, 5.74) is -0.997. The number of hydrogen-bond donors (Lipinski definition) is 1. The Morgan fingerprint density at radius 2 is 1.81 bits per heavy atom. The predicted octanol–water partition coefficient (Wildman–Crippen LogP) is 1.06. The van der Waals surface area contributed by atoms with E-state index in [1.165, 1.54) is 0 Å². The molecule has 0 atom stereocenters. The smallest absolute Gasteiger partial charge is 0.333 e. The third-order valence-corrected chi connectivity index (χ3v) is 2.35. The average Bonchev–Trinajstić information content (AvgIpc) is 2.13. The minimum Gasteiger partial charge on any atom is -0.491 e. The summed E-state index contributed by atoms with van der Waals surface area (Å²) in [5.74, 6) is 0.647. The van der Waals surface area contributed by atoms with Crippen LogP contribution < -0.4 is 9.88 Å². The Balaban J connectivity index is 2.55. The van der Waals surface area contributed by atoms with E-state index in [0.717, 1.165) is 0 Å². The zero-order valence-corrected chi connectivity index (χ0v) is 10.0. The fraction of sp³-hybridized carbons (Fsp3) is 0.400. The highest BCUT2D eigenvalue weighted by atomic mass is 32.2. The Labute approximate surface area is 95.4 Å². The molecule has 0 amide bonds. The fourth-order valence-corrected chi connectivity index (χ4v) is 1.79. The molecule has 0 heterocycles. The Kier molecular flexibility index (Phi) is 3.90. The zero-order chi connectivity index (χ0) is 12.2. The fourth-order valence-electron chi connectivity index (χ4n) is 1.11. The first-order valence-electron chi connectivity index (χ1n) is 4.70. The van der Waals surface area contributed by atoms with Gasteiger partial charge in [-0.1, -0.05) is 18.2 Å². The molecular formula is C10H15NO4S. The first-order chi connectivity index (χ1) is 7.29. The molecular weight excluding hydrogens is 230 g/mol. The highest BCUT2D eigenvalue weighted by Crippen LogP contribution is 2.15. The van der Waals surface area contributed by atoms with E-state index in [1.807, 2.05) is 18.2 Å². The molecule has 0 saturated heterocycles. The van der Waals surface area contributed by atoms with E-state index >= 15 is 0 Å². The Bertz CT molecular complexity index is 427. The Hall–Kier alpha value is -1.11. The maximum atomic E-state index is 10.8. The van der Waals surface area contributed by atoms with Gasteiger partial charge in [-0.05, 0) is 26.0 Å². The van der Waals surface area contributed by atoms with Gasteiger partial charge in [0.25, 0.3) is 0 Å². The second-order valence-electron chi connectivity index (χ2n) is 3.94. The molecule has 0 spiro atoms. The number of rotatable bonds is 5. The van der Waals surface area contributed by atoms with Crippen LogP contribution in [0.25, 0.3) is 0 Å². The first-order valence-corrected chi connectivity index (χ1v) is 6.17. The minimum atomic E-state index is -3.97. The van der Waals surface area contributed by atoms with Crippen molar-refractivity contribution in [2.45, 2.75) is 19.4 Å². The number of nitrogens with two attached hydrogens (primary N) is 1. The van der Waals surface area contributed by atoms with Gasteiger partial charge in [0.1, 0.15) is 18.0 Å². The molecule has 0 aromatic heterocycles. The predicted molar refractivity (Wildman–Crippen MR) is 60.2 cm³/mol. The molecule has 0 bridgehead atoms. The van der Waals surface area contributed by atoms with Crippen LogP contribution in [-0.4, -0.2) is 20.6 Å². The van der Waals surface area contributed by atoms with Crippen LogP contribution in [0.15, 0.2) is 30.3 Å². The van der Waals surface area contributed by atoms with E-state index in [0.29, 0.717) is 5.75 Å². The van der Waals surface area contributed by atoms with Crippen molar-refractivity contribution in [2.24, 2.45) is 5.14 Å². The molecule has 1 rings (SSSR count). The normalized spacial score (nSPS) is 12.4. The highest BCUT2D eigenvalue weighted by molar-refractivity contribution is 7.84. The maximum absolute atomic E-state index is 10.8. The lowest BCUT2D eigenvalue weighted by molar-refractivity contribution is 0.0585. The summed E-state index contributed by atoms with van der Waals surface area (Å²) >= 11 is 0. The topological polar surface area (TPSA) is 78.6 Å². The summed E-state index contributed by atoms with van der Waals surface area (Å²) in [5, 5.41) is 4.78. The third kappa shape index (κ3) is 5.11. The number of hydrogen-bond acceptors (Lipinski definition) is 4. The van der Waals surface area contributed by atoms with Gasteiger partial charge in [-0.25, -0.2) is 9.32 Å². The molecule has 16 heavy (non-hydrogen) atoms. The van der Waals surface area contributed by atoms with E-state index in [2.05, 4.69) is 4.18 Å². The monoisotopic (exact) mass is 245 g/mol. The molecule has 0 fully saturated rings. The van der Waals surface area contributed by atoms with Gasteiger partial charge in [-0.15, -0.1) is 0 Å². The minimum absolute atomic E-state index is 0.0907. The van der Waals surface area contributed by atoms with Crippen molar-refractivity contribution >= 4 is 10.3 Å². The van der Waals surface area contributed by atoms with Crippen molar-refractivity contribution in [3.63, 3.8) is 0 Å². The van der Waals surface area contributed by atoms with Crippen molar-refractivity contribution < 1.29 is 17.3 Å². The molecule has 2 N–H and O–H groups in total. The lowest BCUT2D eigenvalue weighted by Crippen LogP contribution is -2.37. The SMILES string of the molecule is CC(C)(COc1ccccc1)OS(N)(=O)=O. The molecule has 90 valence electrons. The van der Waals surface area contributed by atoms with Crippen LogP contribution in [0.3, 0.4) is 0 Å². The molecule has 0 aliphatic carbocycles. The Morgan fingerprint density at radius 3 is 2.31 bits per heavy atom. The summed E-state index contributed by atoms with van der Waals surface area (Å²) in [7, 11) is -3.97. The number of para-hydroxylation sites is 1. The maximum Gasteiger partial charge on any atom is 0.333 e. The molecule has 0 unspecified atom stereocenters. The molecule has 1 aromatic rings. The van der Waals surface area contributed by atoms with Gasteiger partial charge in [-0.2, -0.15) is 8.42 Å². The quantitative estimate of drug-likeness (QED) is 0.841. The molecule has 0 aliphatic rings. The van der Waals surface area contributed by atoms with E-state index in [4.69, 9.17) is 9.88 Å². The van der Waals surface area contributed by atoms with Gasteiger partial charge < -0.3 is 4.74 Å². The van der Waals surface area contributed by atoms with Gasteiger partial charge in [0.05, 0.1) is 0 Å². The van der Waals surface area contributed by atoms with E-state index in [-0.39, 0.29) is 6.61 Å². The zero-order valence-electron chi connectivity index (χ0n) is 9.21. The van der Waals surface area contributed by atoms with Gasteiger partial charge in [0.2, 0.25) is 0 Å². The van der Waals surface area contributed by atoms with E-state index in [1.54, 1.807) is 26.0 Å². The van der Waals surface area contributed by atoms with Crippen molar-refractivity contribution in [3.8, 4) is 5.75 Å². The van der Waals surface area contributed by atoms with Crippen LogP contribution in [0.1, 0.15) is 13.8 Å². The van der Waals surface area contributed by atoms with Gasteiger partial charge >= 0.3 is 10.3 Å². The summed E-state index contributed by atoms with van der Waals surface area (Å²) in [6.07, 6.45) is 0. The van der Waals surface area contributed by atoms with Crippen molar-refractivity contribution in [3.05, 3.63) is 30.3 Å². The molecule has 6 heteroatoms. The lowest BCUT2D eigenvalue weighted by Gasteiger charge is -2.23. The first kappa shape index (κ1) is 13.0. The van der Waals surface area contributed by atoms with Crippen LogP contribution in [0.2, 0.25) is 0 Å². The molecule has 5 nitrogen and oxygen atoms in total. The summed E-state index contributed by atoms with van der Waals surface area (Å²) in [6, 6.07) is 9.05. The van der Waals surface area contributed by atoms with Gasteiger partial charge in [0.15, 0.2) is 0 Å². The van der Waals surface area contributed by atoms with E-state index < -0.39 is 15.9 Å². The van der Waals surface area contributed by atoms with Crippen LogP contribution in [0.5, 0.6) is 5.75 Å². The van der Waals surface area contributed by atoms with E-state index in [9.17, 15) is 8.42 Å². The number of ether oxygens (including phenoxy) is 1. The van der Waals surface area contributed by atoms with Gasteiger partial charge in [-0.3, -0.25) is 0 Å². The van der Waals surface area contributed by atoms with Crippen molar-refractivity contribution in [1.29, 1.82) is 0 Å². The average molecular weight is 245 g/mol. The second-order valence-corrected chi connectivity index (χ2v) is 5.09. The number of benzene rings is 1. The second kappa shape index (κ2) is 4.82. The van der Waals surface area contributed by atoms with Crippen LogP contribution in [0.4, 0.5) is 0 Å².